The zero-order valence-corrected chi connectivity index (χ0v) is 17.2. The van der Waals surface area contributed by atoms with Crippen molar-refractivity contribution in [2.24, 2.45) is 5.92 Å². The molecule has 1 atom stereocenters. The van der Waals surface area contributed by atoms with Crippen molar-refractivity contribution in [2.45, 2.75) is 31.6 Å². The molecular weight excluding hydrogens is 451 g/mol. The number of halogens is 3. The first-order chi connectivity index (χ1) is 11.6. The molecular formula is C19H19Br2ClN2. The van der Waals surface area contributed by atoms with Crippen molar-refractivity contribution in [3.63, 3.8) is 0 Å². The van der Waals surface area contributed by atoms with Crippen LogP contribution in [0.2, 0.25) is 5.02 Å². The van der Waals surface area contributed by atoms with Gasteiger partial charge in [-0.15, -0.1) is 0 Å². The Bertz CT molecular complexity index is 772. The Kier molecular flexibility index (Phi) is 5.01. The summed E-state index contributed by atoms with van der Waals surface area (Å²) >= 11 is 13.7. The number of pyridine rings is 1. The molecule has 0 radical (unpaired) electrons. The highest BCUT2D eigenvalue weighted by atomic mass is 79.9. The van der Waals surface area contributed by atoms with Crippen molar-refractivity contribution in [3.05, 3.63) is 60.7 Å². The number of aryl methyl sites for hydroxylation is 2. The zero-order valence-electron chi connectivity index (χ0n) is 13.3. The molecule has 0 saturated carbocycles. The van der Waals surface area contributed by atoms with Gasteiger partial charge < -0.3 is 5.32 Å². The van der Waals surface area contributed by atoms with Gasteiger partial charge in [0.15, 0.2) is 0 Å². The van der Waals surface area contributed by atoms with Crippen LogP contribution in [0, 0.1) is 5.92 Å². The smallest absolute Gasteiger partial charge is 0.0514 e. The molecule has 2 aromatic rings. The van der Waals surface area contributed by atoms with Gasteiger partial charge >= 0.3 is 0 Å². The summed E-state index contributed by atoms with van der Waals surface area (Å²) in [6.07, 6.45) is 6.36. The minimum Gasteiger partial charge on any atom is -0.317 e. The molecule has 1 aromatic carbocycles. The Labute approximate surface area is 164 Å². The van der Waals surface area contributed by atoms with E-state index in [1.165, 1.54) is 35.2 Å². The molecule has 1 aromatic heterocycles. The largest absolute Gasteiger partial charge is 0.317 e. The van der Waals surface area contributed by atoms with E-state index in [4.69, 9.17) is 16.6 Å². The van der Waals surface area contributed by atoms with Crippen LogP contribution in [0.15, 0.2) is 33.3 Å². The second-order valence-electron chi connectivity index (χ2n) is 6.72. The second kappa shape index (κ2) is 7.06. The van der Waals surface area contributed by atoms with E-state index in [2.05, 4.69) is 49.3 Å². The molecule has 0 amide bonds. The van der Waals surface area contributed by atoms with Gasteiger partial charge in [-0.2, -0.15) is 0 Å². The van der Waals surface area contributed by atoms with Crippen LogP contribution in [0.5, 0.6) is 0 Å². The molecule has 1 fully saturated rings. The van der Waals surface area contributed by atoms with Crippen molar-refractivity contribution in [1.82, 2.24) is 10.3 Å². The summed E-state index contributed by atoms with van der Waals surface area (Å²) in [4.78, 5) is 4.88. The maximum absolute atomic E-state index is 6.34. The quantitative estimate of drug-likeness (QED) is 0.596. The first-order valence-corrected chi connectivity index (χ1v) is 10.4. The fraction of sp³-hybridized carbons (Fsp3) is 0.421. The third-order valence-electron chi connectivity index (χ3n) is 5.27. The van der Waals surface area contributed by atoms with Crippen LogP contribution in [-0.2, 0) is 12.8 Å². The van der Waals surface area contributed by atoms with Crippen LogP contribution in [-0.4, -0.2) is 18.1 Å². The van der Waals surface area contributed by atoms with Gasteiger partial charge in [0, 0.05) is 26.1 Å². The first kappa shape index (κ1) is 17.0. The summed E-state index contributed by atoms with van der Waals surface area (Å²) in [6, 6.07) is 6.44. The highest BCUT2D eigenvalue weighted by Crippen LogP contribution is 2.45. The fourth-order valence-electron chi connectivity index (χ4n) is 4.21. The van der Waals surface area contributed by atoms with Gasteiger partial charge in [-0.25, -0.2) is 0 Å². The molecule has 1 saturated heterocycles. The van der Waals surface area contributed by atoms with E-state index in [1.54, 1.807) is 0 Å². The Morgan fingerprint density at radius 2 is 1.79 bits per heavy atom. The summed E-state index contributed by atoms with van der Waals surface area (Å²) in [5, 5.41) is 4.30. The molecule has 1 N–H and O–H groups in total. The van der Waals surface area contributed by atoms with Crippen molar-refractivity contribution >= 4 is 43.5 Å². The normalized spacial score (nSPS) is 21.0. The lowest BCUT2D eigenvalue weighted by Crippen LogP contribution is -2.32. The number of nitrogens with zero attached hydrogens (tertiary/aromatic N) is 1. The van der Waals surface area contributed by atoms with E-state index >= 15 is 0 Å². The molecule has 2 aliphatic rings. The summed E-state index contributed by atoms with van der Waals surface area (Å²) < 4.78 is 2.19. The van der Waals surface area contributed by atoms with Gasteiger partial charge in [-0.3, -0.25) is 4.98 Å². The maximum Gasteiger partial charge on any atom is 0.0514 e. The van der Waals surface area contributed by atoms with Gasteiger partial charge in [0.2, 0.25) is 0 Å². The summed E-state index contributed by atoms with van der Waals surface area (Å²) in [5.74, 6) is 0.965. The third-order valence-corrected chi connectivity index (χ3v) is 6.58. The average molecular weight is 471 g/mol. The van der Waals surface area contributed by atoms with E-state index in [9.17, 15) is 0 Å². The van der Waals surface area contributed by atoms with E-state index in [0.717, 1.165) is 39.9 Å². The van der Waals surface area contributed by atoms with Crippen LogP contribution in [0.3, 0.4) is 0 Å². The molecule has 1 aliphatic carbocycles. The van der Waals surface area contributed by atoms with E-state index in [1.807, 2.05) is 12.3 Å². The average Bonchev–Trinajstić information content (AvgIpc) is 2.72. The molecule has 2 heterocycles. The van der Waals surface area contributed by atoms with Crippen molar-refractivity contribution in [1.29, 1.82) is 0 Å². The minimum absolute atomic E-state index is 0.347. The Morgan fingerprint density at radius 3 is 2.58 bits per heavy atom. The van der Waals surface area contributed by atoms with Crippen molar-refractivity contribution in [3.8, 4) is 0 Å². The minimum atomic E-state index is 0.347. The first-order valence-electron chi connectivity index (χ1n) is 8.46. The summed E-state index contributed by atoms with van der Waals surface area (Å²) in [5.41, 5.74) is 5.39. The SMILES string of the molecule is Clc1cc(Br)c2c(c1)CCc1cc(Br)cnc1[C@H]2C1CCNCC1. The predicted octanol–water partition coefficient (Wildman–Crippen LogP) is 5.49. The zero-order chi connectivity index (χ0) is 16.7. The molecule has 2 nitrogen and oxygen atoms in total. The molecule has 1 aliphatic heterocycles. The van der Waals surface area contributed by atoms with E-state index < -0.39 is 0 Å². The van der Waals surface area contributed by atoms with Crippen LogP contribution < -0.4 is 5.32 Å². The molecule has 5 heteroatoms. The number of piperidine rings is 1. The number of nitrogens with one attached hydrogen (secondary N) is 1. The maximum atomic E-state index is 6.34. The van der Waals surface area contributed by atoms with Crippen LogP contribution >= 0.6 is 43.5 Å². The lowest BCUT2D eigenvalue weighted by atomic mass is 9.77. The molecule has 126 valence electrons. The van der Waals surface area contributed by atoms with E-state index in [-0.39, 0.29) is 0 Å². The predicted molar refractivity (Wildman–Crippen MR) is 106 cm³/mol. The second-order valence-corrected chi connectivity index (χ2v) is 8.93. The number of rotatable bonds is 1. The molecule has 0 spiro atoms. The van der Waals surface area contributed by atoms with Crippen LogP contribution in [0.1, 0.15) is 41.1 Å². The number of hydrogen-bond donors (Lipinski definition) is 1. The summed E-state index contributed by atoms with van der Waals surface area (Å²) in [6.45, 7) is 2.18. The molecule has 0 bridgehead atoms. The van der Waals surface area contributed by atoms with E-state index in [0.29, 0.717) is 11.8 Å². The highest BCUT2D eigenvalue weighted by Gasteiger charge is 2.34. The molecule has 0 unspecified atom stereocenters. The Balaban J connectivity index is 1.91. The van der Waals surface area contributed by atoms with Gasteiger partial charge in [0.1, 0.15) is 0 Å². The van der Waals surface area contributed by atoms with Crippen LogP contribution in [0.25, 0.3) is 0 Å². The van der Waals surface area contributed by atoms with Crippen LogP contribution in [0.4, 0.5) is 0 Å². The Morgan fingerprint density at radius 1 is 1.04 bits per heavy atom. The van der Waals surface area contributed by atoms with Gasteiger partial charge in [-0.1, -0.05) is 27.5 Å². The number of benzene rings is 1. The van der Waals surface area contributed by atoms with Crippen molar-refractivity contribution in [2.75, 3.05) is 13.1 Å². The molecule has 24 heavy (non-hydrogen) atoms. The fourth-order valence-corrected chi connectivity index (χ4v) is 5.71. The standard InChI is InChI=1S/C19H19Br2ClN2/c20-14-7-13-2-1-12-8-15(22)9-16(21)17(12)18(19(13)24-10-14)11-3-5-23-6-4-11/h7-11,18,23H,1-6H2/t18-/m0/s1. The lowest BCUT2D eigenvalue weighted by Gasteiger charge is -2.32. The summed E-state index contributed by atoms with van der Waals surface area (Å²) in [7, 11) is 0. The number of hydrogen-bond acceptors (Lipinski definition) is 2. The number of aromatic nitrogens is 1. The Hall–Kier alpha value is -0.420. The van der Waals surface area contributed by atoms with Crippen molar-refractivity contribution < 1.29 is 0 Å². The van der Waals surface area contributed by atoms with Gasteiger partial charge in [0.25, 0.3) is 0 Å². The molecule has 4 rings (SSSR count). The third kappa shape index (κ3) is 3.18. The highest BCUT2D eigenvalue weighted by molar-refractivity contribution is 9.10. The lowest BCUT2D eigenvalue weighted by molar-refractivity contribution is 0.338. The van der Waals surface area contributed by atoms with Gasteiger partial charge in [-0.05, 0) is 95.5 Å². The number of fused-ring (bicyclic) bond motifs is 2. The topological polar surface area (TPSA) is 24.9 Å². The monoisotopic (exact) mass is 468 g/mol. The van der Waals surface area contributed by atoms with Gasteiger partial charge in [0.05, 0.1) is 5.69 Å².